The number of carbonyl (C=O) groups is 2. The van der Waals surface area contributed by atoms with E-state index in [1.54, 1.807) is 18.2 Å². The summed E-state index contributed by atoms with van der Waals surface area (Å²) < 4.78 is 15.2. The minimum atomic E-state index is -1.06. The van der Waals surface area contributed by atoms with Crippen LogP contribution in [0, 0.1) is 0 Å². The van der Waals surface area contributed by atoms with E-state index in [0.717, 1.165) is 0 Å². The predicted molar refractivity (Wildman–Crippen MR) is 66.3 cm³/mol. The van der Waals surface area contributed by atoms with Crippen LogP contribution in [0.4, 0.5) is 0 Å². The van der Waals surface area contributed by atoms with Crippen LogP contribution in [-0.2, 0) is 14.3 Å². The molecule has 0 bridgehead atoms. The van der Waals surface area contributed by atoms with Crippen molar-refractivity contribution in [2.75, 3.05) is 14.2 Å². The molecule has 0 aliphatic heterocycles. The van der Waals surface area contributed by atoms with Crippen LogP contribution in [0.3, 0.4) is 0 Å². The first kappa shape index (κ1) is 14.8. The summed E-state index contributed by atoms with van der Waals surface area (Å²) in [6, 6.07) is 4.87. The monoisotopic (exact) mass is 268 g/mol. The van der Waals surface area contributed by atoms with Gasteiger partial charge in [-0.3, -0.25) is 9.59 Å². The first-order valence-corrected chi connectivity index (χ1v) is 5.58. The van der Waals surface area contributed by atoms with Gasteiger partial charge in [-0.2, -0.15) is 0 Å². The molecule has 0 aliphatic carbocycles. The Kier molecular flexibility index (Phi) is 5.17. The Labute approximate surface area is 110 Å². The Morgan fingerprint density at radius 2 is 1.68 bits per heavy atom. The summed E-state index contributed by atoms with van der Waals surface area (Å²) in [6.45, 7) is 1.23. The maximum absolute atomic E-state index is 11.0. The molecule has 0 saturated carbocycles. The highest BCUT2D eigenvalue weighted by molar-refractivity contribution is 5.70. The van der Waals surface area contributed by atoms with E-state index in [1.807, 2.05) is 0 Å². The van der Waals surface area contributed by atoms with Crippen molar-refractivity contribution >= 4 is 11.9 Å². The van der Waals surface area contributed by atoms with E-state index in [1.165, 1.54) is 21.1 Å². The Balaban J connectivity index is 3.12. The molecule has 0 heterocycles. The van der Waals surface area contributed by atoms with E-state index >= 15 is 0 Å². The molecule has 0 amide bonds. The van der Waals surface area contributed by atoms with Gasteiger partial charge in [0.15, 0.2) is 0 Å². The van der Waals surface area contributed by atoms with Gasteiger partial charge in [-0.05, 0) is 12.1 Å². The zero-order chi connectivity index (χ0) is 14.4. The molecular weight excluding hydrogens is 252 g/mol. The molecule has 1 atom stereocenters. The fourth-order valence-corrected chi connectivity index (χ4v) is 1.60. The molecule has 104 valence electrons. The van der Waals surface area contributed by atoms with Gasteiger partial charge in [0.05, 0.1) is 20.6 Å². The highest BCUT2D eigenvalue weighted by atomic mass is 16.5. The van der Waals surface area contributed by atoms with Crippen LogP contribution in [0.25, 0.3) is 0 Å². The average Bonchev–Trinajstić information content (AvgIpc) is 2.36. The minimum absolute atomic E-state index is 0.324. The largest absolute Gasteiger partial charge is 0.497 e. The van der Waals surface area contributed by atoms with Gasteiger partial charge in [0.2, 0.25) is 0 Å². The number of carboxylic acid groups (broad SMARTS) is 1. The molecule has 0 aromatic heterocycles. The van der Waals surface area contributed by atoms with Crippen LogP contribution in [0.15, 0.2) is 18.2 Å². The lowest BCUT2D eigenvalue weighted by Crippen LogP contribution is -2.13. The van der Waals surface area contributed by atoms with Crippen LogP contribution in [0.2, 0.25) is 0 Å². The predicted octanol–water partition coefficient (Wildman–Crippen LogP) is 1.78. The van der Waals surface area contributed by atoms with Crippen LogP contribution in [-0.4, -0.2) is 31.3 Å². The van der Waals surface area contributed by atoms with Crippen molar-refractivity contribution in [2.24, 2.45) is 0 Å². The summed E-state index contributed by atoms with van der Waals surface area (Å²) in [4.78, 5) is 21.9. The maximum Gasteiger partial charge on any atom is 0.307 e. The van der Waals surface area contributed by atoms with Gasteiger partial charge >= 0.3 is 11.9 Å². The standard InChI is InChI=1S/C13H16O6/c1-8(14)19-12(7-13(15)16)9-4-10(17-2)6-11(5-9)18-3/h4-6,12H,7H2,1-3H3,(H,15,16). The van der Waals surface area contributed by atoms with Gasteiger partial charge in [-0.25, -0.2) is 0 Å². The number of aliphatic carboxylic acids is 1. The number of carboxylic acids is 1. The Morgan fingerprint density at radius 3 is 2.05 bits per heavy atom. The van der Waals surface area contributed by atoms with Crippen molar-refractivity contribution < 1.29 is 28.9 Å². The van der Waals surface area contributed by atoms with Crippen molar-refractivity contribution in [3.63, 3.8) is 0 Å². The van der Waals surface area contributed by atoms with E-state index in [-0.39, 0.29) is 6.42 Å². The molecule has 0 aliphatic rings. The Bertz CT molecular complexity index is 430. The smallest absolute Gasteiger partial charge is 0.307 e. The van der Waals surface area contributed by atoms with E-state index in [9.17, 15) is 9.59 Å². The maximum atomic E-state index is 11.0. The molecule has 0 spiro atoms. The fourth-order valence-electron chi connectivity index (χ4n) is 1.60. The van der Waals surface area contributed by atoms with E-state index in [2.05, 4.69) is 0 Å². The number of hydrogen-bond acceptors (Lipinski definition) is 5. The van der Waals surface area contributed by atoms with Crippen LogP contribution in [0.1, 0.15) is 25.0 Å². The third kappa shape index (κ3) is 4.50. The molecule has 0 saturated heterocycles. The summed E-state index contributed by atoms with van der Waals surface area (Å²) in [5.41, 5.74) is 0.508. The van der Waals surface area contributed by atoms with Gasteiger partial charge in [0.1, 0.15) is 17.6 Å². The second kappa shape index (κ2) is 6.63. The minimum Gasteiger partial charge on any atom is -0.497 e. The van der Waals surface area contributed by atoms with Gasteiger partial charge < -0.3 is 19.3 Å². The van der Waals surface area contributed by atoms with Crippen molar-refractivity contribution in [1.82, 2.24) is 0 Å². The number of ether oxygens (including phenoxy) is 3. The van der Waals surface area contributed by atoms with Gasteiger partial charge in [0.25, 0.3) is 0 Å². The molecule has 6 nitrogen and oxygen atoms in total. The lowest BCUT2D eigenvalue weighted by Gasteiger charge is -2.17. The van der Waals surface area contributed by atoms with E-state index in [4.69, 9.17) is 19.3 Å². The van der Waals surface area contributed by atoms with E-state index in [0.29, 0.717) is 17.1 Å². The summed E-state index contributed by atoms with van der Waals surface area (Å²) in [5, 5.41) is 8.86. The number of carbonyl (C=O) groups excluding carboxylic acids is 1. The van der Waals surface area contributed by atoms with Crippen molar-refractivity contribution in [1.29, 1.82) is 0 Å². The first-order valence-electron chi connectivity index (χ1n) is 5.58. The normalized spacial score (nSPS) is 11.5. The number of esters is 1. The molecule has 0 fully saturated rings. The molecule has 0 radical (unpaired) electrons. The van der Waals surface area contributed by atoms with Crippen molar-refractivity contribution in [2.45, 2.75) is 19.4 Å². The fraction of sp³-hybridized carbons (Fsp3) is 0.385. The molecule has 1 rings (SSSR count). The number of methoxy groups -OCH3 is 2. The Morgan fingerprint density at radius 1 is 1.16 bits per heavy atom. The van der Waals surface area contributed by atoms with Crippen molar-refractivity contribution in [3.8, 4) is 11.5 Å². The van der Waals surface area contributed by atoms with E-state index < -0.39 is 18.0 Å². The molecule has 1 unspecified atom stereocenters. The van der Waals surface area contributed by atoms with Gasteiger partial charge in [-0.1, -0.05) is 0 Å². The lowest BCUT2D eigenvalue weighted by atomic mass is 10.1. The molecule has 6 heteroatoms. The summed E-state index contributed by atoms with van der Waals surface area (Å²) >= 11 is 0. The summed E-state index contributed by atoms with van der Waals surface area (Å²) in [7, 11) is 2.97. The number of benzene rings is 1. The third-order valence-electron chi connectivity index (χ3n) is 2.41. The lowest BCUT2D eigenvalue weighted by molar-refractivity contribution is -0.151. The quantitative estimate of drug-likeness (QED) is 0.792. The van der Waals surface area contributed by atoms with Crippen LogP contribution < -0.4 is 9.47 Å². The van der Waals surface area contributed by atoms with Crippen LogP contribution in [0.5, 0.6) is 11.5 Å². The highest BCUT2D eigenvalue weighted by Gasteiger charge is 2.20. The second-order valence-electron chi connectivity index (χ2n) is 3.84. The molecule has 19 heavy (non-hydrogen) atoms. The van der Waals surface area contributed by atoms with Gasteiger partial charge in [0, 0.05) is 18.6 Å². The molecule has 1 aromatic carbocycles. The molecular formula is C13H16O6. The first-order chi connectivity index (χ1) is 8.96. The molecule has 1 aromatic rings. The molecule has 1 N–H and O–H groups in total. The Hall–Kier alpha value is -2.24. The third-order valence-corrected chi connectivity index (χ3v) is 2.41. The topological polar surface area (TPSA) is 82.1 Å². The zero-order valence-electron chi connectivity index (χ0n) is 11.0. The average molecular weight is 268 g/mol. The highest BCUT2D eigenvalue weighted by Crippen LogP contribution is 2.30. The zero-order valence-corrected chi connectivity index (χ0v) is 11.0. The second-order valence-corrected chi connectivity index (χ2v) is 3.84. The summed E-state index contributed by atoms with van der Waals surface area (Å²) in [5.74, 6) is -0.616. The summed E-state index contributed by atoms with van der Waals surface area (Å²) in [6.07, 6.45) is -1.20. The van der Waals surface area contributed by atoms with Crippen LogP contribution >= 0.6 is 0 Å². The van der Waals surface area contributed by atoms with Gasteiger partial charge in [-0.15, -0.1) is 0 Å². The number of hydrogen-bond donors (Lipinski definition) is 1. The van der Waals surface area contributed by atoms with Crippen molar-refractivity contribution in [3.05, 3.63) is 23.8 Å². The SMILES string of the molecule is COc1cc(OC)cc(C(CC(=O)O)OC(C)=O)c1. The number of rotatable bonds is 6.